The van der Waals surface area contributed by atoms with E-state index in [0.29, 0.717) is 41.1 Å². The summed E-state index contributed by atoms with van der Waals surface area (Å²) in [4.78, 5) is 19.4. The maximum Gasteiger partial charge on any atom is 0.266 e. The molecule has 0 aliphatic carbocycles. The molecular weight excluding hydrogens is 384 g/mol. The first-order chi connectivity index (χ1) is 12.9. The molecule has 27 heavy (non-hydrogen) atoms. The van der Waals surface area contributed by atoms with Crippen LogP contribution in [0.2, 0.25) is 5.02 Å². The second-order valence-electron chi connectivity index (χ2n) is 6.02. The van der Waals surface area contributed by atoms with E-state index in [2.05, 4.69) is 11.9 Å². The number of carbonyl (C=O) groups excluding carboxylic acids is 1. The summed E-state index contributed by atoms with van der Waals surface area (Å²) >= 11 is 7.85. The Balaban J connectivity index is 2.40. The molecule has 1 aliphatic heterocycles. The number of carbonyl (C=O) groups is 1. The Labute approximate surface area is 170 Å². The summed E-state index contributed by atoms with van der Waals surface area (Å²) in [5.74, 6) is 1.09. The fraction of sp³-hybridized carbons (Fsp3) is 0.500. The first kappa shape index (κ1) is 21.6. The van der Waals surface area contributed by atoms with Gasteiger partial charge in [-0.2, -0.15) is 0 Å². The van der Waals surface area contributed by atoms with E-state index in [0.717, 1.165) is 17.2 Å². The summed E-state index contributed by atoms with van der Waals surface area (Å²) in [5, 5.41) is 1.21. The highest BCUT2D eigenvalue weighted by Crippen LogP contribution is 2.39. The van der Waals surface area contributed by atoms with Gasteiger partial charge in [0.25, 0.3) is 5.91 Å². The molecule has 2 rings (SSSR count). The normalized spacial score (nSPS) is 18.4. The van der Waals surface area contributed by atoms with Gasteiger partial charge in [-0.15, -0.1) is 0 Å². The number of amides is 1. The molecular formula is C20H27ClN2O3S. The van der Waals surface area contributed by atoms with E-state index < -0.39 is 0 Å². The number of nitrogens with zero attached hydrogens (tertiary/aromatic N) is 2. The third kappa shape index (κ3) is 5.20. The third-order valence-corrected chi connectivity index (χ3v) is 5.35. The van der Waals surface area contributed by atoms with Gasteiger partial charge in [0, 0.05) is 13.1 Å². The number of ether oxygens (including phenoxy) is 2. The number of hydrogen-bond donors (Lipinski definition) is 0. The van der Waals surface area contributed by atoms with Crippen molar-refractivity contribution in [2.75, 3.05) is 19.7 Å². The number of halogens is 1. The maximum atomic E-state index is 12.6. The summed E-state index contributed by atoms with van der Waals surface area (Å²) in [6, 6.07) is 3.66. The number of likely N-dealkylation sites (N-methyl/N-ethyl adjacent to an activating group) is 1. The molecule has 0 saturated carbocycles. The quantitative estimate of drug-likeness (QED) is 0.550. The number of amidine groups is 1. The number of benzene rings is 1. The van der Waals surface area contributed by atoms with Gasteiger partial charge in [-0.1, -0.05) is 18.5 Å². The SMILES string of the molecule is CCN=C1S/C(=C\c2cc(Cl)c(O[C@H](C)CC)c(OCC)c2)C(=O)N1CC. The monoisotopic (exact) mass is 410 g/mol. The lowest BCUT2D eigenvalue weighted by Crippen LogP contribution is -2.28. The minimum atomic E-state index is -0.0382. The van der Waals surface area contributed by atoms with Gasteiger partial charge >= 0.3 is 0 Å². The highest BCUT2D eigenvalue weighted by molar-refractivity contribution is 8.18. The first-order valence-electron chi connectivity index (χ1n) is 9.33. The van der Waals surface area contributed by atoms with Crippen molar-refractivity contribution >= 4 is 40.5 Å². The smallest absolute Gasteiger partial charge is 0.266 e. The van der Waals surface area contributed by atoms with Gasteiger partial charge in [0.05, 0.1) is 22.6 Å². The minimum Gasteiger partial charge on any atom is -0.490 e. The van der Waals surface area contributed by atoms with Gasteiger partial charge in [-0.25, -0.2) is 0 Å². The van der Waals surface area contributed by atoms with E-state index in [-0.39, 0.29) is 12.0 Å². The third-order valence-electron chi connectivity index (χ3n) is 4.02. The van der Waals surface area contributed by atoms with Crippen molar-refractivity contribution in [3.8, 4) is 11.5 Å². The predicted molar refractivity (Wildman–Crippen MR) is 114 cm³/mol. The maximum absolute atomic E-state index is 12.6. The van der Waals surface area contributed by atoms with Crippen LogP contribution in [0.25, 0.3) is 6.08 Å². The minimum absolute atomic E-state index is 0.0313. The Hall–Kier alpha value is -1.66. The molecule has 0 spiro atoms. The van der Waals surface area contributed by atoms with Crippen LogP contribution in [0.15, 0.2) is 22.0 Å². The molecule has 1 heterocycles. The standard InChI is InChI=1S/C20H27ClN2O3S/c1-6-13(5)26-18-15(21)10-14(11-16(18)25-9-4)12-17-19(24)23(8-3)20(27-17)22-7-2/h10-13H,6-9H2,1-5H3/b17-12-,22-20?/t13-/m1/s1. The fourth-order valence-electron chi connectivity index (χ4n) is 2.52. The summed E-state index contributed by atoms with van der Waals surface area (Å²) in [6.45, 7) is 11.6. The molecule has 7 heteroatoms. The van der Waals surface area contributed by atoms with E-state index in [9.17, 15) is 4.79 Å². The molecule has 5 nitrogen and oxygen atoms in total. The average Bonchev–Trinajstić information content (AvgIpc) is 2.93. The Morgan fingerprint density at radius 2 is 2.04 bits per heavy atom. The van der Waals surface area contributed by atoms with Crippen LogP contribution >= 0.6 is 23.4 Å². The second-order valence-corrected chi connectivity index (χ2v) is 7.43. The fourth-order valence-corrected chi connectivity index (χ4v) is 3.89. The lowest BCUT2D eigenvalue weighted by molar-refractivity contribution is -0.122. The Morgan fingerprint density at radius 3 is 2.63 bits per heavy atom. The van der Waals surface area contributed by atoms with Crippen LogP contribution in [0.4, 0.5) is 0 Å². The van der Waals surface area contributed by atoms with Crippen molar-refractivity contribution in [2.45, 2.75) is 47.1 Å². The van der Waals surface area contributed by atoms with Gasteiger partial charge in [0.2, 0.25) is 0 Å². The molecule has 1 fully saturated rings. The number of thioether (sulfide) groups is 1. The van der Waals surface area contributed by atoms with Crippen LogP contribution in [-0.4, -0.2) is 41.8 Å². The van der Waals surface area contributed by atoms with Crippen LogP contribution in [0.1, 0.15) is 46.6 Å². The van der Waals surface area contributed by atoms with Crippen molar-refractivity contribution in [3.05, 3.63) is 27.6 Å². The number of aliphatic imine (C=N–C) groups is 1. The van der Waals surface area contributed by atoms with E-state index in [1.165, 1.54) is 11.8 Å². The van der Waals surface area contributed by atoms with Crippen LogP contribution < -0.4 is 9.47 Å². The van der Waals surface area contributed by atoms with Crippen molar-refractivity contribution in [3.63, 3.8) is 0 Å². The molecule has 0 aromatic heterocycles. The van der Waals surface area contributed by atoms with Gasteiger partial charge < -0.3 is 9.47 Å². The highest BCUT2D eigenvalue weighted by atomic mass is 35.5. The zero-order valence-electron chi connectivity index (χ0n) is 16.5. The van der Waals surface area contributed by atoms with Crippen molar-refractivity contribution < 1.29 is 14.3 Å². The van der Waals surface area contributed by atoms with Gasteiger partial charge in [0.15, 0.2) is 16.7 Å². The molecule has 148 valence electrons. The van der Waals surface area contributed by atoms with Crippen molar-refractivity contribution in [2.24, 2.45) is 4.99 Å². The lowest BCUT2D eigenvalue weighted by atomic mass is 10.1. The van der Waals surface area contributed by atoms with Crippen molar-refractivity contribution in [1.82, 2.24) is 4.90 Å². The van der Waals surface area contributed by atoms with Gasteiger partial charge in [-0.3, -0.25) is 14.7 Å². The molecule has 1 atom stereocenters. The summed E-state index contributed by atoms with van der Waals surface area (Å²) in [5.41, 5.74) is 0.796. The van der Waals surface area contributed by atoms with Crippen LogP contribution in [-0.2, 0) is 4.79 Å². The zero-order chi connectivity index (χ0) is 20.0. The van der Waals surface area contributed by atoms with Gasteiger partial charge in [-0.05, 0) is 69.6 Å². The predicted octanol–water partition coefficient (Wildman–Crippen LogP) is 5.23. The second kappa shape index (κ2) is 10.0. The van der Waals surface area contributed by atoms with Gasteiger partial charge in [0.1, 0.15) is 0 Å². The Kier molecular flexibility index (Phi) is 8.05. The Bertz CT molecular complexity index is 749. The molecule has 1 amide bonds. The molecule has 1 saturated heterocycles. The molecule has 0 bridgehead atoms. The number of rotatable bonds is 8. The van der Waals surface area contributed by atoms with Crippen molar-refractivity contribution in [1.29, 1.82) is 0 Å². The van der Waals surface area contributed by atoms with E-state index in [1.54, 1.807) is 11.0 Å². The topological polar surface area (TPSA) is 51.1 Å². The molecule has 1 aromatic carbocycles. The molecule has 0 unspecified atom stereocenters. The summed E-state index contributed by atoms with van der Waals surface area (Å²) < 4.78 is 11.7. The van der Waals surface area contributed by atoms with E-state index in [4.69, 9.17) is 21.1 Å². The molecule has 1 aromatic rings. The first-order valence-corrected chi connectivity index (χ1v) is 10.5. The van der Waals surface area contributed by atoms with E-state index >= 15 is 0 Å². The van der Waals surface area contributed by atoms with E-state index in [1.807, 2.05) is 39.8 Å². The van der Waals surface area contributed by atoms with Crippen LogP contribution in [0, 0.1) is 0 Å². The molecule has 0 radical (unpaired) electrons. The molecule has 1 aliphatic rings. The number of hydrogen-bond acceptors (Lipinski definition) is 5. The summed E-state index contributed by atoms with van der Waals surface area (Å²) in [6.07, 6.45) is 2.73. The van der Waals surface area contributed by atoms with Crippen LogP contribution in [0.3, 0.4) is 0 Å². The summed E-state index contributed by atoms with van der Waals surface area (Å²) in [7, 11) is 0. The van der Waals surface area contributed by atoms with Crippen LogP contribution in [0.5, 0.6) is 11.5 Å². The molecule has 0 N–H and O–H groups in total. The Morgan fingerprint density at radius 1 is 1.30 bits per heavy atom. The largest absolute Gasteiger partial charge is 0.490 e. The highest BCUT2D eigenvalue weighted by Gasteiger charge is 2.32. The average molecular weight is 411 g/mol. The zero-order valence-corrected chi connectivity index (χ0v) is 18.1. The lowest BCUT2D eigenvalue weighted by Gasteiger charge is -2.18.